The zero-order valence-electron chi connectivity index (χ0n) is 10.0. The first-order chi connectivity index (χ1) is 9.66. The van der Waals surface area contributed by atoms with Crippen molar-refractivity contribution in [2.45, 2.75) is 0 Å². The number of rotatable bonds is 3. The zero-order chi connectivity index (χ0) is 14.1. The fraction of sp³-hybridized carbons (Fsp3) is 0. The van der Waals surface area contributed by atoms with Crippen LogP contribution in [0, 0.1) is 0 Å². The second-order valence-corrected chi connectivity index (χ2v) is 5.23. The summed E-state index contributed by atoms with van der Waals surface area (Å²) in [5, 5.41) is 16.4. The maximum Gasteiger partial charge on any atom is 0.339 e. The van der Waals surface area contributed by atoms with Crippen molar-refractivity contribution in [3.8, 4) is 16.4 Å². The van der Waals surface area contributed by atoms with E-state index in [4.69, 9.17) is 11.6 Å². The Balaban J connectivity index is 2.18. The van der Waals surface area contributed by atoms with Crippen LogP contribution < -0.4 is 0 Å². The smallest absolute Gasteiger partial charge is 0.339 e. The lowest BCUT2D eigenvalue weighted by molar-refractivity contribution is 0.0697. The molecule has 5 nitrogen and oxygen atoms in total. The van der Waals surface area contributed by atoms with E-state index in [9.17, 15) is 9.90 Å². The molecular formula is C13H8ClN3O2S. The highest BCUT2D eigenvalue weighted by atomic mass is 35.5. The minimum atomic E-state index is -1.05. The molecule has 0 fully saturated rings. The summed E-state index contributed by atoms with van der Waals surface area (Å²) in [6, 6.07) is 7.11. The summed E-state index contributed by atoms with van der Waals surface area (Å²) in [5.41, 5.74) is 1.06. The van der Waals surface area contributed by atoms with Gasteiger partial charge in [0.1, 0.15) is 16.3 Å². The Kier molecular flexibility index (Phi) is 3.25. The SMILES string of the molecule is O=C(O)c1cn(-c2ccccc2Cl)nc1-c1nccs1. The highest BCUT2D eigenvalue weighted by molar-refractivity contribution is 7.13. The van der Waals surface area contributed by atoms with Gasteiger partial charge >= 0.3 is 5.97 Å². The van der Waals surface area contributed by atoms with Crippen molar-refractivity contribution in [2.75, 3.05) is 0 Å². The first kappa shape index (κ1) is 12.8. The third-order valence-electron chi connectivity index (χ3n) is 2.68. The first-order valence-corrected chi connectivity index (χ1v) is 6.90. The molecule has 0 radical (unpaired) electrons. The Morgan fingerprint density at radius 3 is 2.80 bits per heavy atom. The van der Waals surface area contributed by atoms with Gasteiger partial charge in [0, 0.05) is 17.8 Å². The fourth-order valence-electron chi connectivity index (χ4n) is 1.79. The van der Waals surface area contributed by atoms with Gasteiger partial charge < -0.3 is 5.11 Å². The number of benzene rings is 1. The molecule has 1 aromatic carbocycles. The Morgan fingerprint density at radius 1 is 1.35 bits per heavy atom. The van der Waals surface area contributed by atoms with E-state index in [0.29, 0.717) is 21.4 Å². The molecule has 3 aromatic rings. The van der Waals surface area contributed by atoms with E-state index in [-0.39, 0.29) is 5.56 Å². The summed E-state index contributed by atoms with van der Waals surface area (Å²) in [4.78, 5) is 15.4. The Bertz CT molecular complexity index is 768. The summed E-state index contributed by atoms with van der Waals surface area (Å²) in [6.45, 7) is 0. The minimum Gasteiger partial charge on any atom is -0.478 e. The minimum absolute atomic E-state index is 0.0971. The topological polar surface area (TPSA) is 68.0 Å². The van der Waals surface area contributed by atoms with Crippen molar-refractivity contribution in [3.05, 3.63) is 52.6 Å². The van der Waals surface area contributed by atoms with E-state index in [1.165, 1.54) is 22.2 Å². The number of halogens is 1. The molecular weight excluding hydrogens is 298 g/mol. The molecule has 2 aromatic heterocycles. The van der Waals surface area contributed by atoms with E-state index in [1.807, 2.05) is 6.07 Å². The van der Waals surface area contributed by atoms with E-state index < -0.39 is 5.97 Å². The Labute approximate surface area is 123 Å². The fourth-order valence-corrected chi connectivity index (χ4v) is 2.65. The Hall–Kier alpha value is -2.18. The van der Waals surface area contributed by atoms with Gasteiger partial charge in [-0.3, -0.25) is 0 Å². The van der Waals surface area contributed by atoms with Crippen molar-refractivity contribution >= 4 is 28.9 Å². The van der Waals surface area contributed by atoms with Gasteiger partial charge in [-0.15, -0.1) is 11.3 Å². The molecule has 0 spiro atoms. The number of aromatic carboxylic acids is 1. The number of carboxylic acids is 1. The molecule has 0 aliphatic carbocycles. The average molecular weight is 306 g/mol. The predicted octanol–water partition coefficient (Wildman–Crippen LogP) is 3.35. The highest BCUT2D eigenvalue weighted by Crippen LogP contribution is 2.27. The van der Waals surface area contributed by atoms with Gasteiger partial charge in [-0.1, -0.05) is 23.7 Å². The number of nitrogens with zero attached hydrogens (tertiary/aromatic N) is 3. The molecule has 0 atom stereocenters. The molecule has 0 saturated carbocycles. The van der Waals surface area contributed by atoms with Crippen LogP contribution in [0.5, 0.6) is 0 Å². The molecule has 0 unspecified atom stereocenters. The number of hydrogen-bond acceptors (Lipinski definition) is 4. The molecule has 100 valence electrons. The van der Waals surface area contributed by atoms with Crippen LogP contribution in [0.2, 0.25) is 5.02 Å². The van der Waals surface area contributed by atoms with Gasteiger partial charge in [0.05, 0.1) is 10.7 Å². The monoisotopic (exact) mass is 305 g/mol. The van der Waals surface area contributed by atoms with Gasteiger partial charge in [-0.2, -0.15) is 5.10 Å². The van der Waals surface area contributed by atoms with Crippen LogP contribution in [0.1, 0.15) is 10.4 Å². The van der Waals surface area contributed by atoms with Gasteiger partial charge in [-0.25, -0.2) is 14.5 Å². The van der Waals surface area contributed by atoms with E-state index in [0.717, 1.165) is 0 Å². The molecule has 0 saturated heterocycles. The lowest BCUT2D eigenvalue weighted by Gasteiger charge is -2.02. The second kappa shape index (κ2) is 5.07. The molecule has 3 rings (SSSR count). The average Bonchev–Trinajstić information content (AvgIpc) is 3.08. The quantitative estimate of drug-likeness (QED) is 0.805. The van der Waals surface area contributed by atoms with Crippen molar-refractivity contribution in [1.82, 2.24) is 14.8 Å². The van der Waals surface area contributed by atoms with E-state index >= 15 is 0 Å². The van der Waals surface area contributed by atoms with Crippen LogP contribution in [-0.4, -0.2) is 25.8 Å². The van der Waals surface area contributed by atoms with Crippen LogP contribution in [0.4, 0.5) is 0 Å². The summed E-state index contributed by atoms with van der Waals surface area (Å²) in [5.74, 6) is -1.05. The largest absolute Gasteiger partial charge is 0.478 e. The maximum atomic E-state index is 11.3. The van der Waals surface area contributed by atoms with E-state index in [1.54, 1.807) is 29.8 Å². The molecule has 0 aliphatic rings. The second-order valence-electron chi connectivity index (χ2n) is 3.93. The van der Waals surface area contributed by atoms with Crippen LogP contribution in [0.15, 0.2) is 42.0 Å². The van der Waals surface area contributed by atoms with Gasteiger partial charge in [0.15, 0.2) is 0 Å². The summed E-state index contributed by atoms with van der Waals surface area (Å²) in [7, 11) is 0. The van der Waals surface area contributed by atoms with Crippen molar-refractivity contribution in [3.63, 3.8) is 0 Å². The van der Waals surface area contributed by atoms with Crippen molar-refractivity contribution in [1.29, 1.82) is 0 Å². The molecule has 0 amide bonds. The number of aromatic nitrogens is 3. The molecule has 7 heteroatoms. The standard InChI is InChI=1S/C13H8ClN3O2S/c14-9-3-1-2-4-10(9)17-7-8(13(18)19)11(16-17)12-15-5-6-20-12/h1-7H,(H,18,19). The third kappa shape index (κ3) is 2.19. The molecule has 20 heavy (non-hydrogen) atoms. The number of carbonyl (C=O) groups is 1. The Morgan fingerprint density at radius 2 is 2.15 bits per heavy atom. The number of carboxylic acid groups (broad SMARTS) is 1. The maximum absolute atomic E-state index is 11.3. The van der Waals surface area contributed by atoms with Crippen LogP contribution in [0.25, 0.3) is 16.4 Å². The van der Waals surface area contributed by atoms with Crippen LogP contribution >= 0.6 is 22.9 Å². The van der Waals surface area contributed by atoms with E-state index in [2.05, 4.69) is 10.1 Å². The summed E-state index contributed by atoms with van der Waals surface area (Å²) < 4.78 is 1.46. The first-order valence-electron chi connectivity index (χ1n) is 5.64. The lowest BCUT2D eigenvalue weighted by atomic mass is 10.2. The van der Waals surface area contributed by atoms with Crippen LogP contribution in [-0.2, 0) is 0 Å². The predicted molar refractivity (Wildman–Crippen MR) is 76.6 cm³/mol. The van der Waals surface area contributed by atoms with Crippen molar-refractivity contribution < 1.29 is 9.90 Å². The third-order valence-corrected chi connectivity index (χ3v) is 3.78. The highest BCUT2D eigenvalue weighted by Gasteiger charge is 2.20. The summed E-state index contributed by atoms with van der Waals surface area (Å²) >= 11 is 7.44. The lowest BCUT2D eigenvalue weighted by Crippen LogP contribution is -1.96. The molecule has 2 heterocycles. The number of thiazole rings is 1. The van der Waals surface area contributed by atoms with Crippen molar-refractivity contribution in [2.24, 2.45) is 0 Å². The van der Waals surface area contributed by atoms with Gasteiger partial charge in [-0.05, 0) is 12.1 Å². The normalized spacial score (nSPS) is 10.7. The number of hydrogen-bond donors (Lipinski definition) is 1. The summed E-state index contributed by atoms with van der Waals surface area (Å²) in [6.07, 6.45) is 3.06. The molecule has 1 N–H and O–H groups in total. The molecule has 0 aliphatic heterocycles. The molecule has 0 bridgehead atoms. The van der Waals surface area contributed by atoms with Crippen LogP contribution in [0.3, 0.4) is 0 Å². The number of para-hydroxylation sites is 1. The van der Waals surface area contributed by atoms with Gasteiger partial charge in [0.25, 0.3) is 0 Å². The zero-order valence-corrected chi connectivity index (χ0v) is 11.6. The van der Waals surface area contributed by atoms with Gasteiger partial charge in [0.2, 0.25) is 0 Å².